The van der Waals surface area contributed by atoms with Crippen molar-refractivity contribution in [2.75, 3.05) is 22.9 Å². The van der Waals surface area contributed by atoms with E-state index in [0.717, 1.165) is 23.5 Å². The number of carbonyl (C=O) groups is 1. The van der Waals surface area contributed by atoms with Crippen LogP contribution in [0.5, 0.6) is 0 Å². The third kappa shape index (κ3) is 6.89. The van der Waals surface area contributed by atoms with Gasteiger partial charge in [-0.15, -0.1) is 0 Å². The van der Waals surface area contributed by atoms with Gasteiger partial charge in [0.25, 0.3) is 0 Å². The summed E-state index contributed by atoms with van der Waals surface area (Å²) in [7, 11) is 0. The summed E-state index contributed by atoms with van der Waals surface area (Å²) in [6, 6.07) is 45.0. The number of rotatable bonds is 3. The van der Waals surface area contributed by atoms with Gasteiger partial charge in [0, 0.05) is 22.7 Å². The highest BCUT2D eigenvalue weighted by Gasteiger charge is 2.24. The Morgan fingerprint density at radius 3 is 1.50 bits per heavy atom. The molecule has 6 aromatic carbocycles. The van der Waals surface area contributed by atoms with Crippen LogP contribution in [0.3, 0.4) is 0 Å². The van der Waals surface area contributed by atoms with Crippen LogP contribution < -0.4 is 22.9 Å². The zero-order valence-corrected chi connectivity index (χ0v) is 24.2. The summed E-state index contributed by atoms with van der Waals surface area (Å²) in [5.41, 5.74) is 36.1. The Labute approximate surface area is 257 Å². The van der Waals surface area contributed by atoms with Crippen molar-refractivity contribution >= 4 is 28.7 Å². The van der Waals surface area contributed by atoms with Gasteiger partial charge in [-0.05, 0) is 112 Å². The van der Waals surface area contributed by atoms with Gasteiger partial charge in [-0.2, -0.15) is 0 Å². The Morgan fingerprint density at radius 2 is 0.955 bits per heavy atom. The number of hydrogen-bond acceptors (Lipinski definition) is 5. The Balaban J connectivity index is 0.000000185. The van der Waals surface area contributed by atoms with E-state index in [9.17, 15) is 4.79 Å². The summed E-state index contributed by atoms with van der Waals surface area (Å²) < 4.78 is 0. The van der Waals surface area contributed by atoms with Crippen molar-refractivity contribution in [1.82, 2.24) is 0 Å². The molecular formula is C38H34N4O2. The number of benzene rings is 6. The van der Waals surface area contributed by atoms with E-state index in [0.29, 0.717) is 5.69 Å². The van der Waals surface area contributed by atoms with Crippen LogP contribution in [0, 0.1) is 0 Å². The van der Waals surface area contributed by atoms with E-state index in [1.54, 1.807) is 12.1 Å². The fourth-order valence-electron chi connectivity index (χ4n) is 5.17. The lowest BCUT2D eigenvalue weighted by Gasteiger charge is -2.16. The smallest absolute Gasteiger partial charge is 0.335 e. The van der Waals surface area contributed by atoms with Gasteiger partial charge in [0.05, 0.1) is 5.56 Å². The predicted octanol–water partition coefficient (Wildman–Crippen LogP) is 7.99. The van der Waals surface area contributed by atoms with Gasteiger partial charge in [-0.25, -0.2) is 4.79 Å². The number of carboxylic acids is 1. The second-order valence-electron chi connectivity index (χ2n) is 10.4. The minimum Gasteiger partial charge on any atom is -0.478 e. The first kappa shape index (κ1) is 29.5. The van der Waals surface area contributed by atoms with Crippen LogP contribution in [0.1, 0.15) is 21.5 Å². The zero-order chi connectivity index (χ0) is 31.1. The van der Waals surface area contributed by atoms with Gasteiger partial charge >= 0.3 is 5.97 Å². The molecule has 0 unspecified atom stereocenters. The molecule has 1 aliphatic rings. The Hall–Kier alpha value is -6.01. The Kier molecular flexibility index (Phi) is 8.92. The monoisotopic (exact) mass is 578 g/mol. The molecule has 0 fully saturated rings. The van der Waals surface area contributed by atoms with Crippen LogP contribution in [-0.4, -0.2) is 11.1 Å². The number of hydrogen-bond donors (Lipinski definition) is 5. The molecule has 6 aromatic rings. The Bertz CT molecular complexity index is 1870. The zero-order valence-electron chi connectivity index (χ0n) is 24.2. The quantitative estimate of drug-likeness (QED) is 0.135. The molecule has 7 rings (SSSR count). The standard InChI is InChI=1S/C25H20N2.C7H7NO2.C6H7N/c26-19-9-5-16(6-10-19)22-13-14-23-21-4-2-1-3-18(21)15-24(23)25(22)17-7-11-20(27)12-8-17;8-6-3-1-5(2-4-6)7(9)10;7-6-4-2-1-3-5-6/h1-14H,15,26-27H2;1-4H,8H2,(H,9,10);1-5H,7H2. The van der Waals surface area contributed by atoms with Gasteiger partial charge in [0.1, 0.15) is 0 Å². The number of carboxylic acid groups (broad SMARTS) is 1. The normalized spacial score (nSPS) is 10.7. The lowest BCUT2D eigenvalue weighted by molar-refractivity contribution is 0.0697. The highest BCUT2D eigenvalue weighted by atomic mass is 16.4. The van der Waals surface area contributed by atoms with Crippen LogP contribution in [0.25, 0.3) is 33.4 Å². The summed E-state index contributed by atoms with van der Waals surface area (Å²) in [5.74, 6) is -0.931. The number of nitrogen functional groups attached to an aromatic ring is 4. The molecule has 0 radical (unpaired) electrons. The molecule has 0 atom stereocenters. The molecule has 6 heteroatoms. The number of nitrogens with two attached hydrogens (primary N) is 4. The maximum absolute atomic E-state index is 10.3. The molecule has 0 saturated carbocycles. The number of anilines is 4. The molecular weight excluding hydrogens is 544 g/mol. The molecule has 0 aromatic heterocycles. The van der Waals surface area contributed by atoms with E-state index in [2.05, 4.69) is 60.7 Å². The number of para-hydroxylation sites is 1. The molecule has 0 bridgehead atoms. The molecule has 44 heavy (non-hydrogen) atoms. The lowest BCUT2D eigenvalue weighted by atomic mass is 9.88. The predicted molar refractivity (Wildman–Crippen MR) is 183 cm³/mol. The lowest BCUT2D eigenvalue weighted by Crippen LogP contribution is -1.95. The van der Waals surface area contributed by atoms with Crippen LogP contribution in [0.15, 0.2) is 140 Å². The average molecular weight is 579 g/mol. The van der Waals surface area contributed by atoms with Crippen LogP contribution in [0.2, 0.25) is 0 Å². The molecule has 218 valence electrons. The summed E-state index contributed by atoms with van der Waals surface area (Å²) in [6.45, 7) is 0. The molecule has 6 nitrogen and oxygen atoms in total. The summed E-state index contributed by atoms with van der Waals surface area (Å²) in [6.07, 6.45) is 0.952. The molecule has 0 saturated heterocycles. The highest BCUT2D eigenvalue weighted by molar-refractivity contribution is 5.94. The molecule has 1 aliphatic carbocycles. The van der Waals surface area contributed by atoms with E-state index in [4.69, 9.17) is 28.0 Å². The second kappa shape index (κ2) is 13.3. The molecule has 9 N–H and O–H groups in total. The highest BCUT2D eigenvalue weighted by Crippen LogP contribution is 2.46. The van der Waals surface area contributed by atoms with Gasteiger partial charge in [-0.1, -0.05) is 78.9 Å². The van der Waals surface area contributed by atoms with Crippen molar-refractivity contribution in [3.63, 3.8) is 0 Å². The minimum absolute atomic E-state index is 0.259. The SMILES string of the molecule is Nc1ccc(-c2ccc3c(c2-c2ccc(N)cc2)Cc2ccccc2-3)cc1.Nc1ccc(C(=O)O)cc1.Nc1ccccc1. The third-order valence-electron chi connectivity index (χ3n) is 7.37. The van der Waals surface area contributed by atoms with Crippen molar-refractivity contribution in [3.05, 3.63) is 156 Å². The topological polar surface area (TPSA) is 141 Å². The minimum atomic E-state index is -0.931. The third-order valence-corrected chi connectivity index (χ3v) is 7.37. The first-order valence-electron chi connectivity index (χ1n) is 14.2. The van der Waals surface area contributed by atoms with Gasteiger partial charge in [0.15, 0.2) is 0 Å². The summed E-state index contributed by atoms with van der Waals surface area (Å²) in [5, 5.41) is 8.43. The van der Waals surface area contributed by atoms with E-state index < -0.39 is 5.97 Å². The fourth-order valence-corrected chi connectivity index (χ4v) is 5.17. The Morgan fingerprint density at radius 1 is 0.477 bits per heavy atom. The maximum Gasteiger partial charge on any atom is 0.335 e. The van der Waals surface area contributed by atoms with Crippen molar-refractivity contribution < 1.29 is 9.90 Å². The maximum atomic E-state index is 10.3. The molecule has 0 amide bonds. The van der Waals surface area contributed by atoms with Crippen LogP contribution >= 0.6 is 0 Å². The first-order chi connectivity index (χ1) is 21.3. The van der Waals surface area contributed by atoms with E-state index in [1.165, 1.54) is 56.6 Å². The van der Waals surface area contributed by atoms with Gasteiger partial charge < -0.3 is 28.0 Å². The summed E-state index contributed by atoms with van der Waals surface area (Å²) >= 11 is 0. The molecule has 0 aliphatic heterocycles. The van der Waals surface area contributed by atoms with Crippen LogP contribution in [-0.2, 0) is 6.42 Å². The van der Waals surface area contributed by atoms with Crippen molar-refractivity contribution in [3.8, 4) is 33.4 Å². The van der Waals surface area contributed by atoms with Crippen molar-refractivity contribution in [1.29, 1.82) is 0 Å². The summed E-state index contributed by atoms with van der Waals surface area (Å²) in [4.78, 5) is 10.3. The fraction of sp³-hybridized carbons (Fsp3) is 0.0263. The van der Waals surface area contributed by atoms with E-state index in [-0.39, 0.29) is 5.56 Å². The average Bonchev–Trinajstić information content (AvgIpc) is 3.42. The molecule has 0 spiro atoms. The largest absolute Gasteiger partial charge is 0.478 e. The van der Waals surface area contributed by atoms with Gasteiger partial charge in [0.2, 0.25) is 0 Å². The van der Waals surface area contributed by atoms with Crippen molar-refractivity contribution in [2.45, 2.75) is 6.42 Å². The van der Waals surface area contributed by atoms with E-state index in [1.807, 2.05) is 54.6 Å². The number of fused-ring (bicyclic) bond motifs is 3. The van der Waals surface area contributed by atoms with E-state index >= 15 is 0 Å². The van der Waals surface area contributed by atoms with Crippen molar-refractivity contribution in [2.24, 2.45) is 0 Å². The van der Waals surface area contributed by atoms with Gasteiger partial charge in [-0.3, -0.25) is 0 Å². The molecule has 0 heterocycles. The second-order valence-corrected chi connectivity index (χ2v) is 10.4. The van der Waals surface area contributed by atoms with Crippen LogP contribution in [0.4, 0.5) is 22.7 Å². The first-order valence-corrected chi connectivity index (χ1v) is 14.2. The number of aromatic carboxylic acids is 1.